The van der Waals surface area contributed by atoms with E-state index in [0.29, 0.717) is 12.8 Å². The average molecular weight is 162 g/mol. The molecule has 4 nitrogen and oxygen atoms in total. The zero-order valence-electron chi connectivity index (χ0n) is 6.22. The molecule has 1 aliphatic rings. The predicted molar refractivity (Wildman–Crippen MR) is 37.8 cm³/mol. The van der Waals surface area contributed by atoms with Crippen LogP contribution in [0.5, 0.6) is 0 Å². The Morgan fingerprint density at radius 2 is 1.64 bits per heavy atom. The highest BCUT2D eigenvalue weighted by atomic mass is 16.4. The van der Waals surface area contributed by atoms with Crippen LogP contribution in [0.4, 0.5) is 0 Å². The molecule has 1 fully saturated rings. The molecule has 0 spiro atoms. The second kappa shape index (κ2) is 3.49. The van der Waals surface area contributed by atoms with Crippen molar-refractivity contribution >= 4 is 0 Å². The van der Waals surface area contributed by atoms with Crippen molar-refractivity contribution in [3.63, 3.8) is 0 Å². The van der Waals surface area contributed by atoms with E-state index in [1.807, 2.05) is 0 Å². The fourth-order valence-electron chi connectivity index (χ4n) is 1.43. The van der Waals surface area contributed by atoms with E-state index < -0.39 is 18.3 Å². The van der Waals surface area contributed by atoms with Crippen LogP contribution in [-0.2, 0) is 0 Å². The second-order valence-electron chi connectivity index (χ2n) is 3.07. The average Bonchev–Trinajstić information content (AvgIpc) is 2.01. The van der Waals surface area contributed by atoms with Crippen LogP contribution in [0.15, 0.2) is 0 Å². The monoisotopic (exact) mass is 162 g/mol. The largest absolute Gasteiger partial charge is 0.396 e. The molecule has 1 saturated carbocycles. The van der Waals surface area contributed by atoms with Gasteiger partial charge >= 0.3 is 0 Å². The molecule has 0 bridgehead atoms. The van der Waals surface area contributed by atoms with Crippen LogP contribution in [0.1, 0.15) is 12.8 Å². The van der Waals surface area contributed by atoms with Crippen molar-refractivity contribution < 1.29 is 20.4 Å². The fraction of sp³-hybridized carbons (Fsp3) is 1.00. The molecule has 11 heavy (non-hydrogen) atoms. The van der Waals surface area contributed by atoms with Crippen LogP contribution in [0.25, 0.3) is 0 Å². The van der Waals surface area contributed by atoms with Gasteiger partial charge in [-0.3, -0.25) is 0 Å². The van der Waals surface area contributed by atoms with Crippen molar-refractivity contribution in [2.75, 3.05) is 6.61 Å². The van der Waals surface area contributed by atoms with Gasteiger partial charge in [0.1, 0.15) is 6.10 Å². The van der Waals surface area contributed by atoms with Gasteiger partial charge in [-0.05, 0) is 12.8 Å². The summed E-state index contributed by atoms with van der Waals surface area (Å²) in [6.07, 6.45) is -1.91. The zero-order valence-corrected chi connectivity index (χ0v) is 6.22. The lowest BCUT2D eigenvalue weighted by Gasteiger charge is -2.33. The summed E-state index contributed by atoms with van der Waals surface area (Å²) in [7, 11) is 0. The van der Waals surface area contributed by atoms with Crippen LogP contribution in [0, 0.1) is 5.92 Å². The Bertz CT molecular complexity index is 126. The standard InChI is InChI=1S/C7H14O4/c8-3-4-1-2-5(9)7(11)6(4)10/h4-11H,1-3H2/t4?,5?,6-,7-/m1/s1. The van der Waals surface area contributed by atoms with E-state index in [0.717, 1.165) is 0 Å². The summed E-state index contributed by atoms with van der Waals surface area (Å²) in [5.74, 6) is -0.284. The van der Waals surface area contributed by atoms with E-state index >= 15 is 0 Å². The summed E-state index contributed by atoms with van der Waals surface area (Å²) in [5.41, 5.74) is 0. The third-order valence-electron chi connectivity index (χ3n) is 2.29. The van der Waals surface area contributed by atoms with Crippen LogP contribution >= 0.6 is 0 Å². The molecule has 0 aromatic heterocycles. The molecule has 0 aromatic carbocycles. The molecule has 0 amide bonds. The maximum atomic E-state index is 9.24. The van der Waals surface area contributed by atoms with Crippen molar-refractivity contribution in [1.82, 2.24) is 0 Å². The molecule has 4 heteroatoms. The maximum Gasteiger partial charge on any atom is 0.106 e. The van der Waals surface area contributed by atoms with E-state index in [-0.39, 0.29) is 12.5 Å². The van der Waals surface area contributed by atoms with Crippen LogP contribution in [0.2, 0.25) is 0 Å². The van der Waals surface area contributed by atoms with Crippen molar-refractivity contribution in [1.29, 1.82) is 0 Å². The lowest BCUT2D eigenvalue weighted by molar-refractivity contribution is -0.118. The number of hydrogen-bond acceptors (Lipinski definition) is 4. The van der Waals surface area contributed by atoms with Crippen LogP contribution in [-0.4, -0.2) is 45.3 Å². The van der Waals surface area contributed by atoms with Gasteiger partial charge in [0.25, 0.3) is 0 Å². The highest BCUT2D eigenvalue weighted by Gasteiger charge is 2.35. The third kappa shape index (κ3) is 1.70. The highest BCUT2D eigenvalue weighted by Crippen LogP contribution is 2.24. The summed E-state index contributed by atoms with van der Waals surface area (Å²) in [5, 5.41) is 36.2. The van der Waals surface area contributed by atoms with E-state index in [4.69, 9.17) is 15.3 Å². The Hall–Kier alpha value is -0.160. The molecule has 1 rings (SSSR count). The van der Waals surface area contributed by atoms with Gasteiger partial charge in [0, 0.05) is 12.5 Å². The number of rotatable bonds is 1. The molecule has 0 heterocycles. The van der Waals surface area contributed by atoms with Gasteiger partial charge in [0.15, 0.2) is 0 Å². The first-order chi connectivity index (χ1) is 5.16. The summed E-state index contributed by atoms with van der Waals surface area (Å²) in [6.45, 7) is -0.134. The Kier molecular flexibility index (Phi) is 2.84. The van der Waals surface area contributed by atoms with Gasteiger partial charge in [-0.25, -0.2) is 0 Å². The van der Waals surface area contributed by atoms with Gasteiger partial charge in [0.2, 0.25) is 0 Å². The Labute approximate surface area is 65.1 Å². The third-order valence-corrected chi connectivity index (χ3v) is 2.29. The lowest BCUT2D eigenvalue weighted by Crippen LogP contribution is -2.47. The summed E-state index contributed by atoms with van der Waals surface area (Å²) < 4.78 is 0. The normalized spacial score (nSPS) is 45.8. The minimum atomic E-state index is -1.10. The maximum absolute atomic E-state index is 9.24. The van der Waals surface area contributed by atoms with Gasteiger partial charge < -0.3 is 20.4 Å². The van der Waals surface area contributed by atoms with Gasteiger partial charge in [-0.1, -0.05) is 0 Å². The first-order valence-corrected chi connectivity index (χ1v) is 3.82. The summed E-state index contributed by atoms with van der Waals surface area (Å²) in [6, 6.07) is 0. The first kappa shape index (κ1) is 8.93. The Morgan fingerprint density at radius 1 is 1.00 bits per heavy atom. The smallest absolute Gasteiger partial charge is 0.106 e. The molecule has 2 unspecified atom stereocenters. The molecule has 4 atom stereocenters. The summed E-state index contributed by atoms with van der Waals surface area (Å²) in [4.78, 5) is 0. The molecular formula is C7H14O4. The lowest BCUT2D eigenvalue weighted by atomic mass is 9.83. The highest BCUT2D eigenvalue weighted by molar-refractivity contribution is 4.86. The Balaban J connectivity index is 2.52. The van der Waals surface area contributed by atoms with Crippen molar-refractivity contribution in [3.05, 3.63) is 0 Å². The number of hydrogen-bond donors (Lipinski definition) is 4. The molecule has 0 aliphatic heterocycles. The van der Waals surface area contributed by atoms with Gasteiger partial charge in [0.05, 0.1) is 12.2 Å². The Morgan fingerprint density at radius 3 is 2.18 bits per heavy atom. The SMILES string of the molecule is OCC1CCC(O)[C@@H](O)[C@@H]1O. The fourth-order valence-corrected chi connectivity index (χ4v) is 1.43. The number of aliphatic hydroxyl groups is 4. The quantitative estimate of drug-likeness (QED) is 0.377. The molecule has 1 aliphatic carbocycles. The predicted octanol–water partition coefficient (Wildman–Crippen LogP) is -1.53. The van der Waals surface area contributed by atoms with E-state index in [9.17, 15) is 5.11 Å². The summed E-state index contributed by atoms with van der Waals surface area (Å²) >= 11 is 0. The minimum absolute atomic E-state index is 0.134. The van der Waals surface area contributed by atoms with Crippen LogP contribution < -0.4 is 0 Å². The molecular weight excluding hydrogens is 148 g/mol. The van der Waals surface area contributed by atoms with Gasteiger partial charge in [-0.15, -0.1) is 0 Å². The van der Waals surface area contributed by atoms with Crippen LogP contribution in [0.3, 0.4) is 0 Å². The number of aliphatic hydroxyl groups excluding tert-OH is 4. The van der Waals surface area contributed by atoms with E-state index in [1.165, 1.54) is 0 Å². The van der Waals surface area contributed by atoms with Crippen molar-refractivity contribution in [2.45, 2.75) is 31.2 Å². The van der Waals surface area contributed by atoms with Crippen molar-refractivity contribution in [3.8, 4) is 0 Å². The zero-order chi connectivity index (χ0) is 8.43. The molecule has 4 N–H and O–H groups in total. The molecule has 0 aromatic rings. The minimum Gasteiger partial charge on any atom is -0.396 e. The topological polar surface area (TPSA) is 80.9 Å². The van der Waals surface area contributed by atoms with Crippen molar-refractivity contribution in [2.24, 2.45) is 5.92 Å². The molecule has 66 valence electrons. The van der Waals surface area contributed by atoms with Gasteiger partial charge in [-0.2, -0.15) is 0 Å². The molecule has 0 saturated heterocycles. The van der Waals surface area contributed by atoms with E-state index in [1.54, 1.807) is 0 Å². The molecule has 0 radical (unpaired) electrons. The second-order valence-corrected chi connectivity index (χ2v) is 3.07. The van der Waals surface area contributed by atoms with E-state index in [2.05, 4.69) is 0 Å². The first-order valence-electron chi connectivity index (χ1n) is 3.82.